The summed E-state index contributed by atoms with van der Waals surface area (Å²) in [6, 6.07) is 13.6. The Balaban J connectivity index is 1.67. The molecule has 1 aliphatic heterocycles. The molecule has 1 amide bonds. The first-order chi connectivity index (χ1) is 16.8. The summed E-state index contributed by atoms with van der Waals surface area (Å²) in [5, 5.41) is 2.03. The fourth-order valence-corrected chi connectivity index (χ4v) is 6.94. The van der Waals surface area contributed by atoms with E-state index in [0.29, 0.717) is 13.0 Å². The van der Waals surface area contributed by atoms with Gasteiger partial charge >= 0.3 is 0 Å². The number of halogens is 1. The number of fused-ring (bicyclic) bond motifs is 1. The van der Waals surface area contributed by atoms with Gasteiger partial charge < -0.3 is 9.64 Å². The van der Waals surface area contributed by atoms with Gasteiger partial charge in [-0.1, -0.05) is 19.1 Å². The van der Waals surface area contributed by atoms with Crippen LogP contribution in [0.3, 0.4) is 0 Å². The van der Waals surface area contributed by atoms with Crippen molar-refractivity contribution in [3.63, 3.8) is 0 Å². The normalized spacial score (nSPS) is 16.7. The number of hydrogen-bond acceptors (Lipinski definition) is 5. The van der Waals surface area contributed by atoms with E-state index in [9.17, 15) is 17.6 Å². The summed E-state index contributed by atoms with van der Waals surface area (Å²) in [6.45, 7) is 3.86. The number of hydrogen-bond donors (Lipinski definition) is 0. The van der Waals surface area contributed by atoms with Gasteiger partial charge in [-0.15, -0.1) is 11.3 Å². The Bertz CT molecular complexity index is 1270. The molecule has 0 N–H and O–H groups in total. The van der Waals surface area contributed by atoms with Crippen LogP contribution in [0.5, 0.6) is 5.75 Å². The van der Waals surface area contributed by atoms with Gasteiger partial charge in [0, 0.05) is 17.5 Å². The van der Waals surface area contributed by atoms with Crippen molar-refractivity contribution in [1.82, 2.24) is 9.21 Å². The average Bonchev–Trinajstić information content (AvgIpc) is 3.35. The number of carbonyl (C=O) groups excluding carboxylic acids is 1. The summed E-state index contributed by atoms with van der Waals surface area (Å²) in [5.41, 5.74) is 2.01. The zero-order chi connectivity index (χ0) is 25.2. The van der Waals surface area contributed by atoms with Crippen LogP contribution in [0.25, 0.3) is 0 Å². The van der Waals surface area contributed by atoms with Crippen LogP contribution < -0.4 is 4.74 Å². The lowest BCUT2D eigenvalue weighted by atomic mass is 9.93. The van der Waals surface area contributed by atoms with Gasteiger partial charge in [0.1, 0.15) is 11.6 Å². The number of thiophene rings is 1. The van der Waals surface area contributed by atoms with Crippen molar-refractivity contribution in [2.45, 2.75) is 43.7 Å². The molecule has 1 aliphatic rings. The molecule has 2 unspecified atom stereocenters. The molecule has 0 aliphatic carbocycles. The number of methoxy groups -OCH3 is 1. The number of nitrogens with zero attached hydrogens (tertiary/aromatic N) is 2. The van der Waals surface area contributed by atoms with Gasteiger partial charge in [-0.05, 0) is 78.7 Å². The highest BCUT2D eigenvalue weighted by Gasteiger charge is 2.37. The highest BCUT2D eigenvalue weighted by molar-refractivity contribution is 7.89. The number of sulfonamides is 1. The minimum absolute atomic E-state index is 0.0301. The highest BCUT2D eigenvalue weighted by Crippen LogP contribution is 2.38. The summed E-state index contributed by atoms with van der Waals surface area (Å²) < 4.78 is 46.9. The molecule has 0 bridgehead atoms. The van der Waals surface area contributed by atoms with Crippen LogP contribution in [-0.4, -0.2) is 49.8 Å². The minimum atomic E-state index is -4.00. The van der Waals surface area contributed by atoms with E-state index < -0.39 is 21.9 Å². The number of ether oxygens (including phenoxy) is 1. The lowest BCUT2D eigenvalue weighted by Crippen LogP contribution is -2.49. The van der Waals surface area contributed by atoms with Crippen LogP contribution in [0.1, 0.15) is 42.3 Å². The molecule has 4 rings (SSSR count). The molecular formula is C26H29FN2O4S2. The topological polar surface area (TPSA) is 66.9 Å². The van der Waals surface area contributed by atoms with Gasteiger partial charge in [0.25, 0.3) is 0 Å². The van der Waals surface area contributed by atoms with E-state index in [2.05, 4.69) is 0 Å². The molecule has 2 atom stereocenters. The van der Waals surface area contributed by atoms with Crippen LogP contribution in [0, 0.1) is 5.82 Å². The Hall–Kier alpha value is -2.75. The first kappa shape index (κ1) is 25.3. The molecule has 0 saturated carbocycles. The maximum absolute atomic E-state index is 13.7. The molecule has 2 aromatic carbocycles. The monoisotopic (exact) mass is 516 g/mol. The van der Waals surface area contributed by atoms with Crippen molar-refractivity contribution in [2.75, 3.05) is 20.2 Å². The van der Waals surface area contributed by atoms with Crippen LogP contribution >= 0.6 is 11.3 Å². The second kappa shape index (κ2) is 10.5. The number of rotatable bonds is 8. The van der Waals surface area contributed by atoms with Gasteiger partial charge in [0.05, 0.1) is 24.6 Å². The minimum Gasteiger partial charge on any atom is -0.497 e. The Morgan fingerprint density at radius 2 is 1.86 bits per heavy atom. The first-order valence-corrected chi connectivity index (χ1v) is 13.8. The van der Waals surface area contributed by atoms with Gasteiger partial charge in [-0.25, -0.2) is 12.8 Å². The first-order valence-electron chi connectivity index (χ1n) is 11.5. The summed E-state index contributed by atoms with van der Waals surface area (Å²) in [7, 11) is -2.39. The van der Waals surface area contributed by atoms with Gasteiger partial charge in [0.2, 0.25) is 15.9 Å². The van der Waals surface area contributed by atoms with Crippen molar-refractivity contribution in [3.8, 4) is 5.75 Å². The molecule has 3 aromatic rings. The zero-order valence-electron chi connectivity index (χ0n) is 20.0. The van der Waals surface area contributed by atoms with Crippen molar-refractivity contribution in [2.24, 2.45) is 0 Å². The molecule has 2 heterocycles. The smallest absolute Gasteiger partial charge is 0.243 e. The second-order valence-electron chi connectivity index (χ2n) is 8.57. The van der Waals surface area contributed by atoms with Crippen molar-refractivity contribution in [1.29, 1.82) is 0 Å². The fraction of sp³-hybridized carbons (Fsp3) is 0.346. The van der Waals surface area contributed by atoms with Crippen molar-refractivity contribution in [3.05, 3.63) is 81.8 Å². The number of amides is 1. The standard InChI is InChI=1S/C26H29FN2O4S2/c1-4-18(2)29(35(31,32)22-11-7-20(27)8-12-22)17-25(30)28-15-13-24-23(14-16-34-24)26(28)19-5-9-21(33-3)10-6-19/h5-12,14,16,18,26H,4,13,15,17H2,1-3H3. The van der Waals surface area contributed by atoms with E-state index in [1.165, 1.54) is 21.3 Å². The Morgan fingerprint density at radius 1 is 1.17 bits per heavy atom. The van der Waals surface area contributed by atoms with Gasteiger partial charge in [-0.3, -0.25) is 4.79 Å². The van der Waals surface area contributed by atoms with Crippen molar-refractivity contribution >= 4 is 27.3 Å². The van der Waals surface area contributed by atoms with Crippen LogP contribution in [0.4, 0.5) is 4.39 Å². The van der Waals surface area contributed by atoms with Crippen LogP contribution in [0.15, 0.2) is 64.9 Å². The summed E-state index contributed by atoms with van der Waals surface area (Å²) in [6.07, 6.45) is 1.25. The lowest BCUT2D eigenvalue weighted by molar-refractivity contribution is -0.133. The molecule has 1 aromatic heterocycles. The summed E-state index contributed by atoms with van der Waals surface area (Å²) >= 11 is 1.67. The molecule has 35 heavy (non-hydrogen) atoms. The van der Waals surface area contributed by atoms with Gasteiger partial charge in [-0.2, -0.15) is 4.31 Å². The molecule has 6 nitrogen and oxygen atoms in total. The SMILES string of the molecule is CCC(C)N(CC(=O)N1CCc2sccc2C1c1ccc(OC)cc1)S(=O)(=O)c1ccc(F)cc1. The Morgan fingerprint density at radius 3 is 2.49 bits per heavy atom. The number of benzene rings is 2. The molecule has 0 radical (unpaired) electrons. The van der Waals surface area contributed by atoms with Crippen LogP contribution in [0.2, 0.25) is 0 Å². The largest absolute Gasteiger partial charge is 0.497 e. The summed E-state index contributed by atoms with van der Waals surface area (Å²) in [4.78, 5) is 16.7. The lowest BCUT2D eigenvalue weighted by Gasteiger charge is -2.38. The predicted molar refractivity (Wildman–Crippen MR) is 135 cm³/mol. The van der Waals surface area contributed by atoms with E-state index >= 15 is 0 Å². The molecule has 0 spiro atoms. The molecular weight excluding hydrogens is 487 g/mol. The average molecular weight is 517 g/mol. The molecule has 0 saturated heterocycles. The van der Waals surface area contributed by atoms with Crippen molar-refractivity contribution < 1.29 is 22.3 Å². The van der Waals surface area contributed by atoms with Crippen LogP contribution in [-0.2, 0) is 21.2 Å². The van der Waals surface area contributed by atoms with E-state index in [1.54, 1.807) is 30.3 Å². The third-order valence-electron chi connectivity index (χ3n) is 6.51. The van der Waals surface area contributed by atoms with Gasteiger partial charge in [0.15, 0.2) is 0 Å². The molecule has 9 heteroatoms. The number of carbonyl (C=O) groups is 1. The predicted octanol–water partition coefficient (Wildman–Crippen LogP) is 4.86. The quantitative estimate of drug-likeness (QED) is 0.429. The third kappa shape index (κ3) is 5.12. The van der Waals surface area contributed by atoms with E-state index in [1.807, 2.05) is 42.6 Å². The summed E-state index contributed by atoms with van der Waals surface area (Å²) in [5.74, 6) is -0.0627. The van der Waals surface area contributed by atoms with E-state index in [0.717, 1.165) is 35.4 Å². The maximum atomic E-state index is 13.7. The van der Waals surface area contributed by atoms with E-state index in [4.69, 9.17) is 4.74 Å². The Kier molecular flexibility index (Phi) is 7.59. The molecule has 0 fully saturated rings. The third-order valence-corrected chi connectivity index (χ3v) is 9.48. The fourth-order valence-electron chi connectivity index (χ4n) is 4.38. The maximum Gasteiger partial charge on any atom is 0.243 e. The highest BCUT2D eigenvalue weighted by atomic mass is 32.2. The van der Waals surface area contributed by atoms with E-state index in [-0.39, 0.29) is 23.4 Å². The molecule has 186 valence electrons. The second-order valence-corrected chi connectivity index (χ2v) is 11.5. The zero-order valence-corrected chi connectivity index (χ0v) is 21.6. The Labute approximate surface area is 210 Å².